The van der Waals surface area contributed by atoms with Crippen LogP contribution in [-0.4, -0.2) is 44.6 Å². The third-order valence-corrected chi connectivity index (χ3v) is 7.09. The second-order valence-corrected chi connectivity index (χ2v) is 9.97. The van der Waals surface area contributed by atoms with E-state index in [1.165, 1.54) is 15.9 Å². The highest BCUT2D eigenvalue weighted by molar-refractivity contribution is 7.07. The zero-order valence-corrected chi connectivity index (χ0v) is 23.9. The molecule has 0 saturated heterocycles. The van der Waals surface area contributed by atoms with E-state index in [4.69, 9.17) is 23.7 Å². The van der Waals surface area contributed by atoms with Gasteiger partial charge in [-0.25, -0.2) is 9.79 Å². The molecule has 4 rings (SSSR count). The number of hydrogen-bond donors (Lipinski definition) is 0. The van der Waals surface area contributed by atoms with E-state index in [9.17, 15) is 9.59 Å². The van der Waals surface area contributed by atoms with Crippen molar-refractivity contribution in [3.63, 3.8) is 0 Å². The summed E-state index contributed by atoms with van der Waals surface area (Å²) in [5.74, 6) is 1.58. The fraction of sp³-hybridized carbons (Fsp3) is 0.345. The standard InChI is InChI=1S/C29H32N2O7S/c1-8-37-28(33)24-17(4)30-29-31(25(24)18-12-13-20(38-16(2)3)22(14-18)35-6)27(32)23(39-29)15-19-10-9-11-21(34-5)26(19)36-7/h9-16,25H,8H2,1-7H3/b23-15+/t25-/m0/s1. The van der Waals surface area contributed by atoms with Crippen LogP contribution in [0, 0.1) is 0 Å². The Hall–Kier alpha value is -4.05. The Labute approximate surface area is 230 Å². The number of allylic oxidation sites excluding steroid dienone is 1. The average molecular weight is 553 g/mol. The minimum atomic E-state index is -0.781. The molecule has 0 amide bonds. The number of rotatable bonds is 9. The van der Waals surface area contributed by atoms with Crippen molar-refractivity contribution in [2.45, 2.75) is 39.8 Å². The fourth-order valence-corrected chi connectivity index (χ4v) is 5.52. The van der Waals surface area contributed by atoms with E-state index >= 15 is 0 Å². The number of methoxy groups -OCH3 is 3. The van der Waals surface area contributed by atoms with E-state index in [-0.39, 0.29) is 23.8 Å². The van der Waals surface area contributed by atoms with Crippen LogP contribution in [0.3, 0.4) is 0 Å². The number of hydrogen-bond acceptors (Lipinski definition) is 9. The minimum absolute atomic E-state index is 0.0618. The van der Waals surface area contributed by atoms with Crippen molar-refractivity contribution < 1.29 is 28.5 Å². The lowest BCUT2D eigenvalue weighted by Crippen LogP contribution is -2.40. The molecule has 0 radical (unpaired) electrons. The lowest BCUT2D eigenvalue weighted by molar-refractivity contribution is -0.139. The van der Waals surface area contributed by atoms with Crippen molar-refractivity contribution in [1.82, 2.24) is 4.57 Å². The Morgan fingerprint density at radius 1 is 1.08 bits per heavy atom. The molecule has 1 aliphatic heterocycles. The molecule has 39 heavy (non-hydrogen) atoms. The van der Waals surface area contributed by atoms with Crippen LogP contribution < -0.4 is 33.8 Å². The molecular weight excluding hydrogens is 520 g/mol. The van der Waals surface area contributed by atoms with Gasteiger partial charge in [-0.15, -0.1) is 0 Å². The molecule has 0 bridgehead atoms. The first-order chi connectivity index (χ1) is 18.7. The summed E-state index contributed by atoms with van der Waals surface area (Å²) in [7, 11) is 4.65. The molecule has 0 fully saturated rings. The lowest BCUT2D eigenvalue weighted by Gasteiger charge is -2.25. The van der Waals surface area contributed by atoms with E-state index in [2.05, 4.69) is 4.99 Å². The molecule has 0 aliphatic carbocycles. The molecule has 2 heterocycles. The van der Waals surface area contributed by atoms with Crippen LogP contribution in [0.4, 0.5) is 0 Å². The molecule has 1 atom stereocenters. The summed E-state index contributed by atoms with van der Waals surface area (Å²) < 4.78 is 29.8. The number of carbonyl (C=O) groups is 1. The highest BCUT2D eigenvalue weighted by Gasteiger charge is 2.34. The first-order valence-electron chi connectivity index (χ1n) is 12.5. The van der Waals surface area contributed by atoms with Gasteiger partial charge in [-0.2, -0.15) is 0 Å². The molecule has 2 aromatic carbocycles. The van der Waals surface area contributed by atoms with Gasteiger partial charge in [0.05, 0.1) is 55.9 Å². The predicted octanol–water partition coefficient (Wildman–Crippen LogP) is 3.61. The number of esters is 1. The Balaban J connectivity index is 1.96. The molecule has 9 nitrogen and oxygen atoms in total. The lowest BCUT2D eigenvalue weighted by atomic mass is 9.95. The topological polar surface area (TPSA) is 97.6 Å². The second-order valence-electron chi connectivity index (χ2n) is 8.96. The van der Waals surface area contributed by atoms with Gasteiger partial charge in [0.15, 0.2) is 27.8 Å². The quantitative estimate of drug-likeness (QED) is 0.374. The highest BCUT2D eigenvalue weighted by atomic mass is 32.1. The number of para-hydroxylation sites is 1. The number of nitrogens with zero attached hydrogens (tertiary/aromatic N) is 2. The Kier molecular flexibility index (Phi) is 8.44. The first-order valence-corrected chi connectivity index (χ1v) is 13.3. The van der Waals surface area contributed by atoms with Gasteiger partial charge in [-0.05, 0) is 57.5 Å². The van der Waals surface area contributed by atoms with Crippen molar-refractivity contribution in [3.05, 3.63) is 78.5 Å². The zero-order chi connectivity index (χ0) is 28.3. The van der Waals surface area contributed by atoms with Crippen LogP contribution in [-0.2, 0) is 9.53 Å². The molecule has 1 aromatic heterocycles. The monoisotopic (exact) mass is 552 g/mol. The van der Waals surface area contributed by atoms with Gasteiger partial charge >= 0.3 is 5.97 Å². The largest absolute Gasteiger partial charge is 0.493 e. The maximum absolute atomic E-state index is 13.9. The van der Waals surface area contributed by atoms with Crippen molar-refractivity contribution in [2.24, 2.45) is 4.99 Å². The number of aromatic nitrogens is 1. The van der Waals surface area contributed by atoms with Gasteiger partial charge in [0.2, 0.25) is 0 Å². The summed E-state index contributed by atoms with van der Waals surface area (Å²) in [4.78, 5) is 32.2. The number of carbonyl (C=O) groups excluding carboxylic acids is 1. The fourth-order valence-electron chi connectivity index (χ4n) is 4.48. The number of thiazole rings is 1. The second kappa shape index (κ2) is 11.8. The van der Waals surface area contributed by atoms with Crippen LogP contribution in [0.15, 0.2) is 57.5 Å². The maximum Gasteiger partial charge on any atom is 0.338 e. The van der Waals surface area contributed by atoms with E-state index < -0.39 is 12.0 Å². The van der Waals surface area contributed by atoms with E-state index in [0.717, 1.165) is 0 Å². The van der Waals surface area contributed by atoms with E-state index in [0.29, 0.717) is 49.2 Å². The van der Waals surface area contributed by atoms with Crippen LogP contribution in [0.1, 0.15) is 44.9 Å². The van der Waals surface area contributed by atoms with Crippen molar-refractivity contribution in [3.8, 4) is 23.0 Å². The number of fused-ring (bicyclic) bond motifs is 1. The smallest absolute Gasteiger partial charge is 0.338 e. The summed E-state index contributed by atoms with van der Waals surface area (Å²) in [6.07, 6.45) is 1.68. The summed E-state index contributed by atoms with van der Waals surface area (Å²) in [5, 5.41) is 0. The molecule has 0 N–H and O–H groups in total. The van der Waals surface area contributed by atoms with Crippen LogP contribution in [0.5, 0.6) is 23.0 Å². The molecule has 3 aromatic rings. The van der Waals surface area contributed by atoms with E-state index in [1.54, 1.807) is 59.5 Å². The molecule has 206 valence electrons. The third kappa shape index (κ3) is 5.42. The number of ether oxygens (including phenoxy) is 5. The normalized spacial score (nSPS) is 15.1. The van der Waals surface area contributed by atoms with Gasteiger partial charge < -0.3 is 23.7 Å². The molecule has 0 unspecified atom stereocenters. The molecule has 0 saturated carbocycles. The van der Waals surface area contributed by atoms with Gasteiger partial charge in [0, 0.05) is 5.56 Å². The van der Waals surface area contributed by atoms with Gasteiger partial charge in [-0.3, -0.25) is 9.36 Å². The molecular formula is C29H32N2O7S. The van der Waals surface area contributed by atoms with Crippen molar-refractivity contribution in [2.75, 3.05) is 27.9 Å². The molecule has 10 heteroatoms. The van der Waals surface area contributed by atoms with Crippen LogP contribution >= 0.6 is 11.3 Å². The summed E-state index contributed by atoms with van der Waals surface area (Å²) in [6.45, 7) is 7.52. The third-order valence-electron chi connectivity index (χ3n) is 6.10. The summed E-state index contributed by atoms with van der Waals surface area (Å²) in [6, 6.07) is 10.0. The Morgan fingerprint density at radius 3 is 2.46 bits per heavy atom. The summed E-state index contributed by atoms with van der Waals surface area (Å²) >= 11 is 1.23. The minimum Gasteiger partial charge on any atom is -0.493 e. The van der Waals surface area contributed by atoms with Crippen LogP contribution in [0.25, 0.3) is 6.08 Å². The van der Waals surface area contributed by atoms with Crippen molar-refractivity contribution in [1.29, 1.82) is 0 Å². The van der Waals surface area contributed by atoms with Gasteiger partial charge in [-0.1, -0.05) is 29.5 Å². The highest BCUT2D eigenvalue weighted by Crippen LogP contribution is 2.37. The predicted molar refractivity (Wildman–Crippen MR) is 149 cm³/mol. The average Bonchev–Trinajstić information content (AvgIpc) is 3.21. The Bertz CT molecular complexity index is 1600. The zero-order valence-electron chi connectivity index (χ0n) is 23.1. The van der Waals surface area contributed by atoms with Crippen molar-refractivity contribution >= 4 is 23.4 Å². The Morgan fingerprint density at radius 2 is 1.82 bits per heavy atom. The van der Waals surface area contributed by atoms with Gasteiger partial charge in [0.1, 0.15) is 0 Å². The first kappa shape index (κ1) is 28.0. The maximum atomic E-state index is 13.9. The molecule has 1 aliphatic rings. The van der Waals surface area contributed by atoms with Gasteiger partial charge in [0.25, 0.3) is 5.56 Å². The van der Waals surface area contributed by atoms with E-state index in [1.807, 2.05) is 32.0 Å². The number of benzene rings is 2. The SMILES string of the molecule is CCOC(=O)C1=C(C)N=c2s/c(=C/c3cccc(OC)c3OC)c(=O)n2[C@H]1c1ccc(OC(C)C)c(OC)c1. The van der Waals surface area contributed by atoms with Crippen LogP contribution in [0.2, 0.25) is 0 Å². The molecule has 0 spiro atoms. The summed E-state index contributed by atoms with van der Waals surface area (Å²) in [5.41, 5.74) is 1.80.